The monoisotopic (exact) mass is 200 g/mol. The van der Waals surface area contributed by atoms with Crippen LogP contribution in [0, 0.1) is 12.3 Å². The summed E-state index contributed by atoms with van der Waals surface area (Å²) in [6, 6.07) is 8.99. The normalized spacial score (nSPS) is 10.5. The van der Waals surface area contributed by atoms with Crippen molar-refractivity contribution in [2.75, 3.05) is 0 Å². The minimum Gasteiger partial charge on any atom is -0.508 e. The van der Waals surface area contributed by atoms with Crippen molar-refractivity contribution in [2.24, 2.45) is 5.73 Å². The van der Waals surface area contributed by atoms with Gasteiger partial charge in [0, 0.05) is 5.56 Å². The fourth-order valence-corrected chi connectivity index (χ4v) is 1.64. The second kappa shape index (κ2) is 3.28. The topological polar surface area (TPSA) is 70.1 Å². The van der Waals surface area contributed by atoms with Crippen LogP contribution in [0.1, 0.15) is 11.1 Å². The second-order valence-corrected chi connectivity index (χ2v) is 3.56. The first-order valence-corrected chi connectivity index (χ1v) is 4.66. The number of aryl methyl sites for hydroxylation is 1. The molecule has 3 heteroatoms. The highest BCUT2D eigenvalue weighted by atomic mass is 16.3. The van der Waals surface area contributed by atoms with Gasteiger partial charge in [-0.1, -0.05) is 18.2 Å². The van der Waals surface area contributed by atoms with E-state index in [1.165, 1.54) is 0 Å². The SMILES string of the molecule is Cc1c(O)ccc2cc(C(=N)N)ccc12. The lowest BCUT2D eigenvalue weighted by molar-refractivity contribution is 0.472. The molecular weight excluding hydrogens is 188 g/mol. The molecule has 15 heavy (non-hydrogen) atoms. The molecule has 0 heterocycles. The minimum atomic E-state index is 0.0580. The number of hydrogen-bond donors (Lipinski definition) is 3. The van der Waals surface area contributed by atoms with Crippen molar-refractivity contribution in [1.82, 2.24) is 0 Å². The van der Waals surface area contributed by atoms with E-state index in [0.717, 1.165) is 16.3 Å². The van der Waals surface area contributed by atoms with Crippen molar-refractivity contribution in [3.63, 3.8) is 0 Å². The van der Waals surface area contributed by atoms with Crippen molar-refractivity contribution in [1.29, 1.82) is 5.41 Å². The predicted octanol–water partition coefficient (Wildman–Crippen LogP) is 2.14. The summed E-state index contributed by atoms with van der Waals surface area (Å²) in [7, 11) is 0. The summed E-state index contributed by atoms with van der Waals surface area (Å²) in [6.45, 7) is 1.87. The highest BCUT2D eigenvalue weighted by Crippen LogP contribution is 2.26. The third-order valence-electron chi connectivity index (χ3n) is 2.57. The lowest BCUT2D eigenvalue weighted by Gasteiger charge is -2.06. The van der Waals surface area contributed by atoms with E-state index in [2.05, 4.69) is 0 Å². The van der Waals surface area contributed by atoms with Gasteiger partial charge in [0.05, 0.1) is 0 Å². The van der Waals surface area contributed by atoms with Crippen LogP contribution in [0.4, 0.5) is 0 Å². The Hall–Kier alpha value is -2.03. The van der Waals surface area contributed by atoms with Gasteiger partial charge in [-0.3, -0.25) is 5.41 Å². The molecule has 0 saturated heterocycles. The number of hydrogen-bond acceptors (Lipinski definition) is 2. The van der Waals surface area contributed by atoms with Crippen LogP contribution in [-0.2, 0) is 0 Å². The molecule has 0 spiro atoms. The number of nitrogens with one attached hydrogen (secondary N) is 1. The van der Waals surface area contributed by atoms with Crippen LogP contribution in [0.3, 0.4) is 0 Å². The Morgan fingerprint density at radius 2 is 2.00 bits per heavy atom. The standard InChI is InChI=1S/C12H12N2O/c1-7-10-4-2-9(12(13)14)6-8(10)3-5-11(7)15/h2-6,15H,1H3,(H3,13,14). The second-order valence-electron chi connectivity index (χ2n) is 3.56. The molecular formula is C12H12N2O. The molecule has 4 N–H and O–H groups in total. The Morgan fingerprint density at radius 3 is 2.67 bits per heavy atom. The lowest BCUT2D eigenvalue weighted by Crippen LogP contribution is -2.10. The first-order valence-electron chi connectivity index (χ1n) is 4.66. The van der Waals surface area contributed by atoms with E-state index in [9.17, 15) is 5.11 Å². The van der Waals surface area contributed by atoms with E-state index < -0.39 is 0 Å². The Bertz CT molecular complexity index is 547. The summed E-state index contributed by atoms with van der Waals surface area (Å²) in [6.07, 6.45) is 0. The molecule has 0 unspecified atom stereocenters. The summed E-state index contributed by atoms with van der Waals surface area (Å²) in [4.78, 5) is 0. The molecule has 0 aromatic heterocycles. The predicted molar refractivity (Wildman–Crippen MR) is 61.4 cm³/mol. The van der Waals surface area contributed by atoms with Crippen molar-refractivity contribution < 1.29 is 5.11 Å². The van der Waals surface area contributed by atoms with Gasteiger partial charge in [0.2, 0.25) is 0 Å². The lowest BCUT2D eigenvalue weighted by atomic mass is 10.0. The van der Waals surface area contributed by atoms with E-state index in [1.54, 1.807) is 12.1 Å². The molecule has 2 aromatic carbocycles. The van der Waals surface area contributed by atoms with Gasteiger partial charge >= 0.3 is 0 Å². The average molecular weight is 200 g/mol. The van der Waals surface area contributed by atoms with Gasteiger partial charge in [0.15, 0.2) is 0 Å². The van der Waals surface area contributed by atoms with Gasteiger partial charge in [-0.25, -0.2) is 0 Å². The Balaban J connectivity index is 2.75. The highest BCUT2D eigenvalue weighted by molar-refractivity contribution is 6.00. The quantitative estimate of drug-likeness (QED) is 0.487. The minimum absolute atomic E-state index is 0.0580. The Kier molecular flexibility index (Phi) is 2.08. The van der Waals surface area contributed by atoms with Crippen LogP contribution in [0.15, 0.2) is 30.3 Å². The molecule has 0 aliphatic rings. The number of amidine groups is 1. The van der Waals surface area contributed by atoms with E-state index in [1.807, 2.05) is 25.1 Å². The smallest absolute Gasteiger partial charge is 0.122 e. The third-order valence-corrected chi connectivity index (χ3v) is 2.57. The third kappa shape index (κ3) is 1.52. The maximum Gasteiger partial charge on any atom is 0.122 e. The fourth-order valence-electron chi connectivity index (χ4n) is 1.64. The zero-order chi connectivity index (χ0) is 11.0. The van der Waals surface area contributed by atoms with Crippen molar-refractivity contribution in [2.45, 2.75) is 6.92 Å². The van der Waals surface area contributed by atoms with Crippen LogP contribution in [0.25, 0.3) is 10.8 Å². The summed E-state index contributed by atoms with van der Waals surface area (Å²) in [5.74, 6) is 0.348. The molecule has 76 valence electrons. The molecule has 3 nitrogen and oxygen atoms in total. The van der Waals surface area contributed by atoms with Crippen LogP contribution >= 0.6 is 0 Å². The fraction of sp³-hybridized carbons (Fsp3) is 0.0833. The maximum atomic E-state index is 9.53. The molecule has 0 saturated carbocycles. The number of fused-ring (bicyclic) bond motifs is 1. The average Bonchev–Trinajstić information content (AvgIpc) is 2.23. The molecule has 0 aliphatic heterocycles. The van der Waals surface area contributed by atoms with Crippen molar-refractivity contribution in [3.05, 3.63) is 41.5 Å². The number of nitrogen functional groups attached to an aromatic ring is 1. The summed E-state index contributed by atoms with van der Waals surface area (Å²) >= 11 is 0. The first kappa shape index (κ1) is 9.52. The van der Waals surface area contributed by atoms with Crippen molar-refractivity contribution >= 4 is 16.6 Å². The Labute approximate surface area is 87.7 Å². The number of phenolic OH excluding ortho intramolecular Hbond substituents is 1. The van der Waals surface area contributed by atoms with Gasteiger partial charge in [-0.05, 0) is 35.4 Å². The van der Waals surface area contributed by atoms with Gasteiger partial charge < -0.3 is 10.8 Å². The van der Waals surface area contributed by atoms with E-state index in [-0.39, 0.29) is 11.6 Å². The number of benzene rings is 2. The Morgan fingerprint density at radius 1 is 1.27 bits per heavy atom. The van der Waals surface area contributed by atoms with E-state index >= 15 is 0 Å². The van der Waals surface area contributed by atoms with Gasteiger partial charge in [0.1, 0.15) is 11.6 Å². The maximum absolute atomic E-state index is 9.53. The molecule has 2 rings (SSSR count). The molecule has 0 atom stereocenters. The molecule has 0 amide bonds. The largest absolute Gasteiger partial charge is 0.508 e. The van der Waals surface area contributed by atoms with Crippen molar-refractivity contribution in [3.8, 4) is 5.75 Å². The molecule has 0 radical (unpaired) electrons. The first-order chi connectivity index (χ1) is 7.09. The van der Waals surface area contributed by atoms with Crippen LogP contribution in [0.5, 0.6) is 5.75 Å². The highest BCUT2D eigenvalue weighted by Gasteiger charge is 2.03. The number of phenols is 1. The van der Waals surface area contributed by atoms with E-state index in [4.69, 9.17) is 11.1 Å². The number of nitrogens with two attached hydrogens (primary N) is 1. The van der Waals surface area contributed by atoms with Crippen LogP contribution < -0.4 is 5.73 Å². The number of aromatic hydroxyl groups is 1. The summed E-state index contributed by atoms with van der Waals surface area (Å²) in [5, 5.41) is 18.8. The van der Waals surface area contributed by atoms with Gasteiger partial charge in [-0.15, -0.1) is 0 Å². The molecule has 0 aliphatic carbocycles. The van der Waals surface area contributed by atoms with Crippen LogP contribution in [0.2, 0.25) is 0 Å². The van der Waals surface area contributed by atoms with Crippen LogP contribution in [-0.4, -0.2) is 10.9 Å². The molecule has 0 fully saturated rings. The zero-order valence-electron chi connectivity index (χ0n) is 8.41. The van der Waals surface area contributed by atoms with Gasteiger partial charge in [0.25, 0.3) is 0 Å². The van der Waals surface area contributed by atoms with E-state index in [0.29, 0.717) is 5.56 Å². The molecule has 0 bridgehead atoms. The zero-order valence-corrected chi connectivity index (χ0v) is 8.41. The number of rotatable bonds is 1. The summed E-state index contributed by atoms with van der Waals surface area (Å²) < 4.78 is 0. The summed E-state index contributed by atoms with van der Waals surface area (Å²) in [5.41, 5.74) is 6.96. The van der Waals surface area contributed by atoms with Gasteiger partial charge in [-0.2, -0.15) is 0 Å². The molecule has 2 aromatic rings.